The van der Waals surface area contributed by atoms with E-state index in [0.29, 0.717) is 12.3 Å². The van der Waals surface area contributed by atoms with Crippen molar-refractivity contribution < 1.29 is 9.53 Å². The Kier molecular flexibility index (Phi) is 5.29. The van der Waals surface area contributed by atoms with E-state index < -0.39 is 0 Å². The first-order chi connectivity index (χ1) is 12.1. The second-order valence-electron chi connectivity index (χ2n) is 6.18. The van der Waals surface area contributed by atoms with Crippen molar-refractivity contribution in [2.45, 2.75) is 19.8 Å². The van der Waals surface area contributed by atoms with Crippen molar-refractivity contribution in [1.82, 2.24) is 10.3 Å². The normalized spacial score (nSPS) is 11.9. The number of hydrogen-bond donors (Lipinski definition) is 1. The number of carbonyl (C=O) groups is 1. The summed E-state index contributed by atoms with van der Waals surface area (Å²) in [6, 6.07) is 19.8. The molecule has 1 unspecified atom stereocenters. The number of benzene rings is 2. The second-order valence-corrected chi connectivity index (χ2v) is 6.18. The van der Waals surface area contributed by atoms with Gasteiger partial charge in [0.2, 0.25) is 0 Å². The summed E-state index contributed by atoms with van der Waals surface area (Å²) >= 11 is 0. The highest BCUT2D eigenvalue weighted by Crippen LogP contribution is 2.23. The Morgan fingerprint density at radius 3 is 2.68 bits per heavy atom. The van der Waals surface area contributed by atoms with Crippen LogP contribution in [-0.2, 0) is 4.79 Å². The molecule has 4 heteroatoms. The molecule has 1 atom stereocenters. The van der Waals surface area contributed by atoms with Gasteiger partial charge in [0.15, 0.2) is 6.61 Å². The maximum Gasteiger partial charge on any atom is 0.257 e. The summed E-state index contributed by atoms with van der Waals surface area (Å²) < 4.78 is 5.70. The number of carbonyl (C=O) groups excluding carboxylic acids is 1. The first kappa shape index (κ1) is 17.0. The largest absolute Gasteiger partial charge is 0.481 e. The highest BCUT2D eigenvalue weighted by molar-refractivity contribution is 5.85. The summed E-state index contributed by atoms with van der Waals surface area (Å²) in [6.45, 7) is 4.59. The molecule has 4 nitrogen and oxygen atoms in total. The lowest BCUT2D eigenvalue weighted by Crippen LogP contribution is -2.31. The third kappa shape index (κ3) is 4.35. The van der Waals surface area contributed by atoms with Gasteiger partial charge in [-0.2, -0.15) is 0 Å². The maximum absolute atomic E-state index is 12.1. The number of ether oxygens (including phenoxy) is 1. The van der Waals surface area contributed by atoms with Crippen molar-refractivity contribution in [1.29, 1.82) is 0 Å². The molecule has 3 aromatic rings. The third-order valence-corrected chi connectivity index (χ3v) is 4.16. The first-order valence-corrected chi connectivity index (χ1v) is 8.44. The van der Waals surface area contributed by atoms with Gasteiger partial charge in [0, 0.05) is 17.6 Å². The van der Waals surface area contributed by atoms with Crippen LogP contribution in [0.5, 0.6) is 5.75 Å². The number of para-hydroxylation sites is 1. The van der Waals surface area contributed by atoms with Crippen molar-refractivity contribution in [3.8, 4) is 5.75 Å². The average molecular weight is 334 g/mol. The van der Waals surface area contributed by atoms with Gasteiger partial charge in [0.05, 0.1) is 0 Å². The second kappa shape index (κ2) is 7.79. The lowest BCUT2D eigenvalue weighted by atomic mass is 10.0. The molecule has 2 aromatic carbocycles. The van der Waals surface area contributed by atoms with Crippen LogP contribution in [0.25, 0.3) is 10.9 Å². The molecule has 0 bridgehead atoms. The summed E-state index contributed by atoms with van der Waals surface area (Å²) in [7, 11) is 0. The van der Waals surface area contributed by atoms with Crippen LogP contribution in [0.2, 0.25) is 0 Å². The minimum absolute atomic E-state index is 0.0176. The van der Waals surface area contributed by atoms with Crippen molar-refractivity contribution in [3.63, 3.8) is 0 Å². The lowest BCUT2D eigenvalue weighted by Gasteiger charge is -2.14. The Morgan fingerprint density at radius 2 is 1.88 bits per heavy atom. The standard InChI is InChI=1S/C21H22N2O2/c1-15(17-7-4-3-5-8-17)13-22-20(24)14-25-19-10-6-9-18-12-11-16(2)23-21(18)19/h3-12,15H,13-14H2,1-2H3,(H,22,24). The molecule has 0 aliphatic heterocycles. The summed E-state index contributed by atoms with van der Waals surface area (Å²) in [5.74, 6) is 0.756. The van der Waals surface area contributed by atoms with Crippen LogP contribution in [-0.4, -0.2) is 24.0 Å². The molecule has 0 spiro atoms. The molecule has 0 radical (unpaired) electrons. The molecule has 1 amide bonds. The molecule has 0 fully saturated rings. The average Bonchev–Trinajstić information content (AvgIpc) is 2.65. The Balaban J connectivity index is 1.57. The van der Waals surface area contributed by atoms with E-state index in [1.54, 1.807) is 0 Å². The van der Waals surface area contributed by atoms with Crippen LogP contribution in [0.1, 0.15) is 24.1 Å². The zero-order valence-corrected chi connectivity index (χ0v) is 14.5. The van der Waals surface area contributed by atoms with E-state index in [1.165, 1.54) is 5.56 Å². The number of rotatable bonds is 6. The summed E-state index contributed by atoms with van der Waals surface area (Å²) in [5.41, 5.74) is 2.91. The van der Waals surface area contributed by atoms with E-state index in [2.05, 4.69) is 29.4 Å². The summed E-state index contributed by atoms with van der Waals surface area (Å²) in [6.07, 6.45) is 0. The lowest BCUT2D eigenvalue weighted by molar-refractivity contribution is -0.123. The molecule has 128 valence electrons. The zero-order chi connectivity index (χ0) is 17.6. The van der Waals surface area contributed by atoms with Gasteiger partial charge in [0.25, 0.3) is 5.91 Å². The first-order valence-electron chi connectivity index (χ1n) is 8.44. The molecule has 0 saturated heterocycles. The third-order valence-electron chi connectivity index (χ3n) is 4.16. The van der Waals surface area contributed by atoms with Crippen LogP contribution < -0.4 is 10.1 Å². The molecule has 3 rings (SSSR count). The number of aromatic nitrogens is 1. The number of amides is 1. The highest BCUT2D eigenvalue weighted by Gasteiger charge is 2.10. The van der Waals surface area contributed by atoms with Gasteiger partial charge in [-0.15, -0.1) is 0 Å². The fraction of sp³-hybridized carbons (Fsp3) is 0.238. The highest BCUT2D eigenvalue weighted by atomic mass is 16.5. The van der Waals surface area contributed by atoms with Crippen LogP contribution in [0, 0.1) is 6.92 Å². The van der Waals surface area contributed by atoms with Crippen LogP contribution in [0.3, 0.4) is 0 Å². The Morgan fingerprint density at radius 1 is 1.08 bits per heavy atom. The fourth-order valence-corrected chi connectivity index (χ4v) is 2.69. The van der Waals surface area contributed by atoms with Crippen LogP contribution >= 0.6 is 0 Å². The Labute approximate surface area is 147 Å². The maximum atomic E-state index is 12.1. The van der Waals surface area contributed by atoms with Crippen LogP contribution in [0.15, 0.2) is 60.7 Å². The van der Waals surface area contributed by atoms with Gasteiger partial charge in [0.1, 0.15) is 11.3 Å². The van der Waals surface area contributed by atoms with Crippen LogP contribution in [0.4, 0.5) is 0 Å². The van der Waals surface area contributed by atoms with Crippen molar-refractivity contribution in [3.05, 3.63) is 71.9 Å². The van der Waals surface area contributed by atoms with Gasteiger partial charge in [-0.1, -0.05) is 55.5 Å². The van der Waals surface area contributed by atoms with E-state index in [-0.39, 0.29) is 18.4 Å². The van der Waals surface area contributed by atoms with Gasteiger partial charge in [-0.05, 0) is 30.5 Å². The van der Waals surface area contributed by atoms with Gasteiger partial charge in [-0.3, -0.25) is 4.79 Å². The zero-order valence-electron chi connectivity index (χ0n) is 14.5. The molecular formula is C21H22N2O2. The molecule has 1 aromatic heterocycles. The molecule has 0 saturated carbocycles. The number of nitrogens with zero attached hydrogens (tertiary/aromatic N) is 1. The van der Waals surface area contributed by atoms with Crippen molar-refractivity contribution in [2.24, 2.45) is 0 Å². The molecule has 0 aliphatic carbocycles. The molecule has 25 heavy (non-hydrogen) atoms. The number of pyridine rings is 1. The topological polar surface area (TPSA) is 51.2 Å². The molecule has 1 N–H and O–H groups in total. The number of aryl methyl sites for hydroxylation is 1. The van der Waals surface area contributed by atoms with E-state index in [4.69, 9.17) is 4.74 Å². The summed E-state index contributed by atoms with van der Waals surface area (Å²) in [4.78, 5) is 16.6. The van der Waals surface area contributed by atoms with E-state index in [0.717, 1.165) is 16.6 Å². The predicted molar refractivity (Wildman–Crippen MR) is 99.8 cm³/mol. The minimum Gasteiger partial charge on any atom is -0.481 e. The Bertz CT molecular complexity index is 862. The molecule has 1 heterocycles. The van der Waals surface area contributed by atoms with Gasteiger partial charge in [-0.25, -0.2) is 4.98 Å². The quantitative estimate of drug-likeness (QED) is 0.745. The Hall–Kier alpha value is -2.88. The van der Waals surface area contributed by atoms with E-state index in [1.807, 2.05) is 55.5 Å². The van der Waals surface area contributed by atoms with Gasteiger partial charge < -0.3 is 10.1 Å². The monoisotopic (exact) mass is 334 g/mol. The van der Waals surface area contributed by atoms with Gasteiger partial charge >= 0.3 is 0 Å². The molecule has 0 aliphatic rings. The summed E-state index contributed by atoms with van der Waals surface area (Å²) in [5, 5.41) is 3.93. The van der Waals surface area contributed by atoms with E-state index in [9.17, 15) is 4.79 Å². The fourth-order valence-electron chi connectivity index (χ4n) is 2.69. The van der Waals surface area contributed by atoms with Crippen molar-refractivity contribution >= 4 is 16.8 Å². The molecular weight excluding hydrogens is 312 g/mol. The smallest absolute Gasteiger partial charge is 0.257 e. The van der Waals surface area contributed by atoms with Crippen molar-refractivity contribution in [2.75, 3.05) is 13.2 Å². The SMILES string of the molecule is Cc1ccc2cccc(OCC(=O)NCC(C)c3ccccc3)c2n1. The number of fused-ring (bicyclic) bond motifs is 1. The van der Waals surface area contributed by atoms with E-state index >= 15 is 0 Å². The minimum atomic E-state index is -0.132. The number of hydrogen-bond acceptors (Lipinski definition) is 3. The predicted octanol–water partition coefficient (Wildman–Crippen LogP) is 3.84. The number of nitrogens with one attached hydrogen (secondary N) is 1.